The van der Waals surface area contributed by atoms with E-state index >= 15 is 0 Å². The summed E-state index contributed by atoms with van der Waals surface area (Å²) in [5, 5.41) is 13.3. The Morgan fingerprint density at radius 1 is 1.60 bits per heavy atom. The highest BCUT2D eigenvalue weighted by Gasteiger charge is 2.36. The predicted octanol–water partition coefficient (Wildman–Crippen LogP) is 3.60. The highest BCUT2D eigenvalue weighted by Crippen LogP contribution is 2.34. The van der Waals surface area contributed by atoms with Gasteiger partial charge in [0.1, 0.15) is 11.6 Å². The first kappa shape index (κ1) is 15.3. The molecule has 0 aliphatic heterocycles. The number of amides is 1. The second-order valence-corrected chi connectivity index (χ2v) is 6.29. The van der Waals surface area contributed by atoms with Crippen LogP contribution in [0.2, 0.25) is 0 Å². The maximum absolute atomic E-state index is 13.2. The third kappa shape index (κ3) is 3.32. The van der Waals surface area contributed by atoms with E-state index in [9.17, 15) is 14.3 Å². The number of aromatic hydroxyl groups is 1. The first-order chi connectivity index (χ1) is 9.46. The summed E-state index contributed by atoms with van der Waals surface area (Å²) < 4.78 is 13.2. The fourth-order valence-corrected chi connectivity index (χ4v) is 3.58. The molecule has 0 heterocycles. The molecule has 0 radical (unpaired) electrons. The molecule has 1 fully saturated rings. The van der Waals surface area contributed by atoms with Crippen LogP contribution >= 0.6 is 15.9 Å². The molecule has 1 aromatic rings. The molecule has 20 heavy (non-hydrogen) atoms. The molecule has 5 heteroatoms. The summed E-state index contributed by atoms with van der Waals surface area (Å²) in [4.78, 5) is 12.3. The standard InChI is InChI=1S/C15H19BrFNO2/c1-10-3-2-6-15(8-10,9-16)18-14(20)12-7-11(17)4-5-13(12)19/h4-5,7,10,19H,2-3,6,8-9H2,1H3,(H,18,20). The number of nitrogens with one attached hydrogen (secondary N) is 1. The van der Waals surface area contributed by atoms with Gasteiger partial charge in [0.05, 0.1) is 11.1 Å². The Bertz CT molecular complexity index is 509. The van der Waals surface area contributed by atoms with Crippen molar-refractivity contribution in [3.05, 3.63) is 29.6 Å². The number of phenols is 1. The summed E-state index contributed by atoms with van der Waals surface area (Å²) >= 11 is 3.48. The van der Waals surface area contributed by atoms with Crippen molar-refractivity contribution >= 4 is 21.8 Å². The SMILES string of the molecule is CC1CCCC(CBr)(NC(=O)c2cc(F)ccc2O)C1. The second kappa shape index (κ2) is 6.12. The molecule has 2 atom stereocenters. The van der Waals surface area contributed by atoms with Crippen molar-refractivity contribution in [3.63, 3.8) is 0 Å². The lowest BCUT2D eigenvalue weighted by Gasteiger charge is -2.39. The topological polar surface area (TPSA) is 49.3 Å². The third-order valence-electron chi connectivity index (χ3n) is 3.93. The number of alkyl halides is 1. The molecule has 2 N–H and O–H groups in total. The molecule has 1 aliphatic rings. The molecule has 1 aromatic carbocycles. The van der Waals surface area contributed by atoms with Gasteiger partial charge in [0.25, 0.3) is 5.91 Å². The molecule has 0 spiro atoms. The van der Waals surface area contributed by atoms with Gasteiger partial charge in [0.2, 0.25) is 0 Å². The fraction of sp³-hybridized carbons (Fsp3) is 0.533. The Kier molecular flexibility index (Phi) is 4.68. The van der Waals surface area contributed by atoms with E-state index in [1.54, 1.807) is 0 Å². The molecule has 110 valence electrons. The van der Waals surface area contributed by atoms with E-state index in [1.807, 2.05) is 0 Å². The van der Waals surface area contributed by atoms with Crippen molar-refractivity contribution in [2.75, 3.05) is 5.33 Å². The smallest absolute Gasteiger partial charge is 0.255 e. The Balaban J connectivity index is 2.19. The highest BCUT2D eigenvalue weighted by atomic mass is 79.9. The van der Waals surface area contributed by atoms with Crippen LogP contribution in [-0.2, 0) is 0 Å². The quantitative estimate of drug-likeness (QED) is 0.823. The van der Waals surface area contributed by atoms with Gasteiger partial charge >= 0.3 is 0 Å². The van der Waals surface area contributed by atoms with Gasteiger partial charge in [0.15, 0.2) is 0 Å². The monoisotopic (exact) mass is 343 g/mol. The fourth-order valence-electron chi connectivity index (χ4n) is 2.93. The van der Waals surface area contributed by atoms with E-state index in [4.69, 9.17) is 0 Å². The normalized spacial score (nSPS) is 26.2. The zero-order chi connectivity index (χ0) is 14.8. The largest absolute Gasteiger partial charge is 0.507 e. The van der Waals surface area contributed by atoms with Crippen molar-refractivity contribution in [1.82, 2.24) is 5.32 Å². The van der Waals surface area contributed by atoms with E-state index in [0.29, 0.717) is 11.2 Å². The molecule has 1 aliphatic carbocycles. The molecule has 0 aromatic heterocycles. The summed E-state index contributed by atoms with van der Waals surface area (Å²) in [6.45, 7) is 2.17. The predicted molar refractivity (Wildman–Crippen MR) is 79.7 cm³/mol. The Labute approximate surface area is 126 Å². The van der Waals surface area contributed by atoms with E-state index in [2.05, 4.69) is 28.2 Å². The van der Waals surface area contributed by atoms with Crippen molar-refractivity contribution in [2.45, 2.75) is 38.1 Å². The summed E-state index contributed by atoms with van der Waals surface area (Å²) in [6, 6.07) is 3.41. The molecule has 3 nitrogen and oxygen atoms in total. The Hall–Kier alpha value is -1.10. The lowest BCUT2D eigenvalue weighted by molar-refractivity contribution is 0.0866. The van der Waals surface area contributed by atoms with Gasteiger partial charge in [-0.25, -0.2) is 4.39 Å². The maximum atomic E-state index is 13.2. The molecule has 2 rings (SSSR count). The molecule has 0 bridgehead atoms. The average molecular weight is 344 g/mol. The van der Waals surface area contributed by atoms with Crippen LogP contribution in [0.5, 0.6) is 5.75 Å². The number of halogens is 2. The summed E-state index contributed by atoms with van der Waals surface area (Å²) in [6.07, 6.45) is 4.00. The Morgan fingerprint density at radius 3 is 3.00 bits per heavy atom. The number of hydrogen-bond acceptors (Lipinski definition) is 2. The lowest BCUT2D eigenvalue weighted by Crippen LogP contribution is -2.52. The van der Waals surface area contributed by atoms with Crippen LogP contribution in [0, 0.1) is 11.7 Å². The van der Waals surface area contributed by atoms with Gasteiger partial charge in [-0.1, -0.05) is 35.7 Å². The molecule has 1 saturated carbocycles. The minimum Gasteiger partial charge on any atom is -0.507 e. The highest BCUT2D eigenvalue weighted by molar-refractivity contribution is 9.09. The van der Waals surface area contributed by atoms with E-state index in [-0.39, 0.29) is 16.9 Å². The number of hydrogen-bond donors (Lipinski definition) is 2. The number of rotatable bonds is 3. The minimum absolute atomic E-state index is 0.0106. The van der Waals surface area contributed by atoms with E-state index in [1.165, 1.54) is 6.07 Å². The zero-order valence-electron chi connectivity index (χ0n) is 11.5. The van der Waals surface area contributed by atoms with Crippen molar-refractivity contribution in [2.24, 2.45) is 5.92 Å². The van der Waals surface area contributed by atoms with Crippen LogP contribution in [-0.4, -0.2) is 21.9 Å². The second-order valence-electron chi connectivity index (χ2n) is 5.73. The summed E-state index contributed by atoms with van der Waals surface area (Å²) in [5.74, 6) is -0.603. The third-order valence-corrected chi connectivity index (χ3v) is 5.00. The number of carbonyl (C=O) groups is 1. The van der Waals surface area contributed by atoms with Gasteiger partial charge in [-0.15, -0.1) is 0 Å². The number of benzene rings is 1. The lowest BCUT2D eigenvalue weighted by atomic mass is 9.77. The van der Waals surface area contributed by atoms with Gasteiger partial charge in [-0.05, 0) is 37.0 Å². The molecule has 0 saturated heterocycles. The maximum Gasteiger partial charge on any atom is 0.255 e. The van der Waals surface area contributed by atoms with Crippen LogP contribution in [0.25, 0.3) is 0 Å². The van der Waals surface area contributed by atoms with Crippen LogP contribution < -0.4 is 5.32 Å². The van der Waals surface area contributed by atoms with Gasteiger partial charge in [0, 0.05) is 5.33 Å². The van der Waals surface area contributed by atoms with E-state index < -0.39 is 11.7 Å². The van der Waals surface area contributed by atoms with Gasteiger partial charge in [-0.3, -0.25) is 4.79 Å². The van der Waals surface area contributed by atoms with Crippen LogP contribution in [0.15, 0.2) is 18.2 Å². The number of carbonyl (C=O) groups excluding carboxylic acids is 1. The van der Waals surface area contributed by atoms with Crippen LogP contribution in [0.3, 0.4) is 0 Å². The molecule has 1 amide bonds. The minimum atomic E-state index is -0.530. The van der Waals surface area contributed by atoms with Crippen LogP contribution in [0.4, 0.5) is 4.39 Å². The first-order valence-corrected chi connectivity index (χ1v) is 7.95. The van der Waals surface area contributed by atoms with Gasteiger partial charge < -0.3 is 10.4 Å². The summed E-state index contributed by atoms with van der Waals surface area (Å²) in [5.41, 5.74) is -0.323. The zero-order valence-corrected chi connectivity index (χ0v) is 13.0. The van der Waals surface area contributed by atoms with Crippen LogP contribution in [0.1, 0.15) is 43.0 Å². The van der Waals surface area contributed by atoms with Crippen molar-refractivity contribution in [3.8, 4) is 5.75 Å². The Morgan fingerprint density at radius 2 is 2.35 bits per heavy atom. The average Bonchev–Trinajstić information content (AvgIpc) is 2.41. The van der Waals surface area contributed by atoms with Crippen molar-refractivity contribution in [1.29, 1.82) is 0 Å². The van der Waals surface area contributed by atoms with Gasteiger partial charge in [-0.2, -0.15) is 0 Å². The number of phenolic OH excluding ortho intramolecular Hbond substituents is 1. The van der Waals surface area contributed by atoms with Crippen molar-refractivity contribution < 1.29 is 14.3 Å². The molecular formula is C15H19BrFNO2. The molecular weight excluding hydrogens is 325 g/mol. The molecule has 2 unspecified atom stereocenters. The summed E-state index contributed by atoms with van der Waals surface area (Å²) in [7, 11) is 0. The first-order valence-electron chi connectivity index (χ1n) is 6.83. The van der Waals surface area contributed by atoms with E-state index in [0.717, 1.165) is 37.8 Å².